The second kappa shape index (κ2) is 9.62. The quantitative estimate of drug-likeness (QED) is 0.608. The highest BCUT2D eigenvalue weighted by Gasteiger charge is 2.12. The van der Waals surface area contributed by atoms with E-state index in [1.165, 1.54) is 0 Å². The normalized spacial score (nSPS) is 10.5. The summed E-state index contributed by atoms with van der Waals surface area (Å²) in [4.78, 5) is 12.3. The summed E-state index contributed by atoms with van der Waals surface area (Å²) in [5.74, 6) is 1.78. The van der Waals surface area contributed by atoms with Crippen molar-refractivity contribution in [3.8, 4) is 11.5 Å². The molecular weight excluding hydrogens is 358 g/mol. The molecule has 1 amide bonds. The van der Waals surface area contributed by atoms with E-state index >= 15 is 0 Å². The first-order valence-corrected chi connectivity index (χ1v) is 8.89. The SMILES string of the molecule is COCc1ccc(CNC(=O)c2ccc(COc3ccccc3OC)o2)cc1. The van der Waals surface area contributed by atoms with Crippen molar-refractivity contribution in [1.29, 1.82) is 0 Å². The summed E-state index contributed by atoms with van der Waals surface area (Å²) in [6.07, 6.45) is 0. The van der Waals surface area contributed by atoms with Gasteiger partial charge in [0.1, 0.15) is 12.4 Å². The molecule has 6 nitrogen and oxygen atoms in total. The lowest BCUT2D eigenvalue weighted by molar-refractivity contribution is 0.0919. The molecule has 0 aliphatic carbocycles. The third-order valence-electron chi connectivity index (χ3n) is 4.11. The van der Waals surface area contributed by atoms with Crippen LogP contribution in [0.5, 0.6) is 11.5 Å². The molecule has 6 heteroatoms. The van der Waals surface area contributed by atoms with Crippen molar-refractivity contribution in [3.63, 3.8) is 0 Å². The Morgan fingerprint density at radius 2 is 1.61 bits per heavy atom. The molecule has 146 valence electrons. The number of carbonyl (C=O) groups is 1. The largest absolute Gasteiger partial charge is 0.493 e. The number of ether oxygens (including phenoxy) is 3. The van der Waals surface area contributed by atoms with Gasteiger partial charge in [0.05, 0.1) is 13.7 Å². The van der Waals surface area contributed by atoms with Gasteiger partial charge in [0, 0.05) is 13.7 Å². The van der Waals surface area contributed by atoms with Crippen LogP contribution in [0.4, 0.5) is 0 Å². The van der Waals surface area contributed by atoms with Gasteiger partial charge in [0.25, 0.3) is 5.91 Å². The molecule has 0 saturated heterocycles. The molecule has 0 aliphatic rings. The third-order valence-corrected chi connectivity index (χ3v) is 4.11. The third kappa shape index (κ3) is 5.14. The van der Waals surface area contributed by atoms with Crippen LogP contribution < -0.4 is 14.8 Å². The van der Waals surface area contributed by atoms with Crippen molar-refractivity contribution in [2.45, 2.75) is 19.8 Å². The predicted molar refractivity (Wildman–Crippen MR) is 104 cm³/mol. The van der Waals surface area contributed by atoms with E-state index in [4.69, 9.17) is 18.6 Å². The zero-order chi connectivity index (χ0) is 19.8. The Balaban J connectivity index is 1.52. The molecule has 28 heavy (non-hydrogen) atoms. The van der Waals surface area contributed by atoms with Crippen LogP contribution >= 0.6 is 0 Å². The van der Waals surface area contributed by atoms with Gasteiger partial charge >= 0.3 is 0 Å². The minimum absolute atomic E-state index is 0.203. The predicted octanol–water partition coefficient (Wildman–Crippen LogP) is 3.94. The highest BCUT2D eigenvalue weighted by molar-refractivity contribution is 5.91. The van der Waals surface area contributed by atoms with Gasteiger partial charge in [-0.2, -0.15) is 0 Å². The average Bonchev–Trinajstić information content (AvgIpc) is 3.21. The Kier molecular flexibility index (Phi) is 6.70. The summed E-state index contributed by atoms with van der Waals surface area (Å²) in [6.45, 7) is 1.19. The van der Waals surface area contributed by atoms with Crippen LogP contribution in [0.25, 0.3) is 0 Å². The summed E-state index contributed by atoms with van der Waals surface area (Å²) in [5.41, 5.74) is 2.09. The van der Waals surface area contributed by atoms with E-state index in [0.29, 0.717) is 30.4 Å². The second-order valence-electron chi connectivity index (χ2n) is 6.14. The Labute approximate surface area is 164 Å². The van der Waals surface area contributed by atoms with Crippen LogP contribution in [0.1, 0.15) is 27.4 Å². The summed E-state index contributed by atoms with van der Waals surface area (Å²) in [7, 11) is 3.25. The molecular formula is C22H23NO5. The zero-order valence-electron chi connectivity index (χ0n) is 15.9. The molecule has 0 atom stereocenters. The average molecular weight is 381 g/mol. The molecule has 0 spiro atoms. The highest BCUT2D eigenvalue weighted by Crippen LogP contribution is 2.26. The number of amides is 1. The molecule has 2 aromatic carbocycles. The first-order valence-electron chi connectivity index (χ1n) is 8.89. The lowest BCUT2D eigenvalue weighted by Crippen LogP contribution is -2.22. The lowest BCUT2D eigenvalue weighted by atomic mass is 10.1. The molecule has 0 unspecified atom stereocenters. The second-order valence-corrected chi connectivity index (χ2v) is 6.14. The standard InChI is InChI=1S/C22H23NO5/c1-25-14-17-9-7-16(8-10-17)13-23-22(24)21-12-11-18(28-21)15-27-20-6-4-3-5-19(20)26-2/h3-12H,13-15H2,1-2H3,(H,23,24). The van der Waals surface area contributed by atoms with E-state index in [1.54, 1.807) is 26.4 Å². The van der Waals surface area contributed by atoms with Gasteiger partial charge < -0.3 is 23.9 Å². The van der Waals surface area contributed by atoms with E-state index in [1.807, 2.05) is 48.5 Å². The van der Waals surface area contributed by atoms with E-state index in [2.05, 4.69) is 5.32 Å². The van der Waals surface area contributed by atoms with Crippen LogP contribution in [0.15, 0.2) is 65.1 Å². The summed E-state index contributed by atoms with van der Waals surface area (Å²) < 4.78 is 21.6. The topological polar surface area (TPSA) is 69.9 Å². The van der Waals surface area contributed by atoms with Crippen molar-refractivity contribution < 1.29 is 23.4 Å². The van der Waals surface area contributed by atoms with Crippen LogP contribution in [-0.4, -0.2) is 20.1 Å². The fourth-order valence-corrected chi connectivity index (χ4v) is 2.65. The Morgan fingerprint density at radius 3 is 2.32 bits per heavy atom. The molecule has 0 saturated carbocycles. The fraction of sp³-hybridized carbons (Fsp3) is 0.227. The number of hydrogen-bond acceptors (Lipinski definition) is 5. The first kappa shape index (κ1) is 19.5. The van der Waals surface area contributed by atoms with Crippen molar-refractivity contribution in [2.75, 3.05) is 14.2 Å². The Morgan fingerprint density at radius 1 is 0.893 bits per heavy atom. The van der Waals surface area contributed by atoms with E-state index in [0.717, 1.165) is 11.1 Å². The van der Waals surface area contributed by atoms with Crippen molar-refractivity contribution in [3.05, 3.63) is 83.3 Å². The molecule has 0 radical (unpaired) electrons. The molecule has 0 aliphatic heterocycles. The molecule has 1 heterocycles. The monoisotopic (exact) mass is 381 g/mol. The summed E-state index contributed by atoms with van der Waals surface area (Å²) in [6, 6.07) is 18.6. The van der Waals surface area contributed by atoms with Gasteiger partial charge in [-0.3, -0.25) is 4.79 Å². The Bertz CT molecular complexity index is 901. The van der Waals surface area contributed by atoms with E-state index in [-0.39, 0.29) is 18.3 Å². The maximum Gasteiger partial charge on any atom is 0.287 e. The van der Waals surface area contributed by atoms with Gasteiger partial charge in [-0.25, -0.2) is 0 Å². The van der Waals surface area contributed by atoms with Gasteiger partial charge in [-0.05, 0) is 35.4 Å². The minimum Gasteiger partial charge on any atom is -0.493 e. The fourth-order valence-electron chi connectivity index (χ4n) is 2.65. The Hall–Kier alpha value is -3.25. The molecule has 0 fully saturated rings. The van der Waals surface area contributed by atoms with Gasteiger partial charge in [0.15, 0.2) is 17.3 Å². The van der Waals surface area contributed by atoms with Gasteiger partial charge in [-0.1, -0.05) is 36.4 Å². The molecule has 1 N–H and O–H groups in total. The number of methoxy groups -OCH3 is 2. The maximum absolute atomic E-state index is 12.3. The molecule has 3 rings (SSSR count). The van der Waals surface area contributed by atoms with Crippen molar-refractivity contribution in [1.82, 2.24) is 5.32 Å². The number of furan rings is 1. The number of rotatable bonds is 9. The van der Waals surface area contributed by atoms with Gasteiger partial charge in [-0.15, -0.1) is 0 Å². The summed E-state index contributed by atoms with van der Waals surface area (Å²) >= 11 is 0. The number of carbonyl (C=O) groups excluding carboxylic acids is 1. The van der Waals surface area contributed by atoms with Crippen LogP contribution in [0.3, 0.4) is 0 Å². The summed E-state index contributed by atoms with van der Waals surface area (Å²) in [5, 5.41) is 2.85. The molecule has 1 aromatic heterocycles. The van der Waals surface area contributed by atoms with Crippen LogP contribution in [0, 0.1) is 0 Å². The number of hydrogen-bond donors (Lipinski definition) is 1. The highest BCUT2D eigenvalue weighted by atomic mass is 16.5. The molecule has 3 aromatic rings. The number of para-hydroxylation sites is 2. The van der Waals surface area contributed by atoms with E-state index in [9.17, 15) is 4.79 Å². The van der Waals surface area contributed by atoms with Crippen molar-refractivity contribution >= 4 is 5.91 Å². The zero-order valence-corrected chi connectivity index (χ0v) is 15.9. The minimum atomic E-state index is -0.274. The molecule has 0 bridgehead atoms. The van der Waals surface area contributed by atoms with Crippen LogP contribution in [-0.2, 0) is 24.5 Å². The van der Waals surface area contributed by atoms with Crippen LogP contribution in [0.2, 0.25) is 0 Å². The smallest absolute Gasteiger partial charge is 0.287 e. The van der Waals surface area contributed by atoms with Crippen molar-refractivity contribution in [2.24, 2.45) is 0 Å². The van der Waals surface area contributed by atoms with E-state index < -0.39 is 0 Å². The maximum atomic E-state index is 12.3. The lowest BCUT2D eigenvalue weighted by Gasteiger charge is -2.08. The number of nitrogens with one attached hydrogen (secondary N) is 1. The van der Waals surface area contributed by atoms with Gasteiger partial charge in [0.2, 0.25) is 0 Å². The first-order chi connectivity index (χ1) is 13.7. The number of benzene rings is 2.